The fourth-order valence-corrected chi connectivity index (χ4v) is 4.23. The molecule has 0 bridgehead atoms. The standard InChI is InChI=1S/C28H29N3O3/c1-2-34-30-24-18-25(27(32)29-19-21-12-6-3-7-13-21)31(20-24)28(33)26(22-14-8-4-9-15-22)23-16-10-5-11-17-23/h3-17,25-26H,2,18-20H2,1H3,(H,29,32)/b30-24+/t25-/m0/s1. The number of amides is 2. The number of benzene rings is 3. The van der Waals surface area contributed by atoms with Crippen molar-refractivity contribution < 1.29 is 14.4 Å². The van der Waals surface area contributed by atoms with Gasteiger partial charge in [0, 0.05) is 13.0 Å². The first kappa shape index (κ1) is 23.2. The summed E-state index contributed by atoms with van der Waals surface area (Å²) in [5.74, 6) is -0.837. The molecule has 3 aromatic rings. The van der Waals surface area contributed by atoms with Crippen LogP contribution in [0.3, 0.4) is 0 Å². The number of carbonyl (C=O) groups is 2. The minimum absolute atomic E-state index is 0.126. The van der Waals surface area contributed by atoms with E-state index in [9.17, 15) is 9.59 Å². The van der Waals surface area contributed by atoms with Crippen LogP contribution >= 0.6 is 0 Å². The van der Waals surface area contributed by atoms with Crippen LogP contribution in [0.4, 0.5) is 0 Å². The molecule has 2 amide bonds. The molecule has 0 aliphatic carbocycles. The molecule has 1 atom stereocenters. The summed E-state index contributed by atoms with van der Waals surface area (Å²) in [6.45, 7) is 2.95. The Labute approximate surface area is 200 Å². The van der Waals surface area contributed by atoms with Gasteiger partial charge in [0.05, 0.1) is 18.2 Å². The van der Waals surface area contributed by atoms with Crippen LogP contribution in [0.2, 0.25) is 0 Å². The molecule has 4 rings (SSSR count). The lowest BCUT2D eigenvalue weighted by Gasteiger charge is -2.28. The highest BCUT2D eigenvalue weighted by Gasteiger charge is 2.41. The minimum Gasteiger partial charge on any atom is -0.396 e. The molecule has 0 unspecified atom stereocenters. The number of hydrogen-bond acceptors (Lipinski definition) is 4. The summed E-state index contributed by atoms with van der Waals surface area (Å²) in [4.78, 5) is 34.1. The zero-order valence-electron chi connectivity index (χ0n) is 19.3. The van der Waals surface area contributed by atoms with Gasteiger partial charge in [0.1, 0.15) is 12.6 Å². The molecule has 1 heterocycles. The highest BCUT2D eigenvalue weighted by atomic mass is 16.6. The van der Waals surface area contributed by atoms with E-state index in [1.54, 1.807) is 4.90 Å². The molecule has 174 valence electrons. The molecule has 1 saturated heterocycles. The first-order chi connectivity index (χ1) is 16.7. The van der Waals surface area contributed by atoms with Crippen LogP contribution in [0, 0.1) is 0 Å². The maximum atomic E-state index is 14.0. The Kier molecular flexibility index (Phi) is 7.71. The van der Waals surface area contributed by atoms with E-state index < -0.39 is 12.0 Å². The second-order valence-electron chi connectivity index (χ2n) is 8.22. The second kappa shape index (κ2) is 11.3. The van der Waals surface area contributed by atoms with Crippen molar-refractivity contribution in [3.05, 3.63) is 108 Å². The van der Waals surface area contributed by atoms with Crippen LogP contribution in [0.25, 0.3) is 0 Å². The Morgan fingerprint density at radius 1 is 0.941 bits per heavy atom. The number of oxime groups is 1. The predicted molar refractivity (Wildman–Crippen MR) is 132 cm³/mol. The Bertz CT molecular complexity index is 1080. The van der Waals surface area contributed by atoms with Gasteiger partial charge in [0.25, 0.3) is 0 Å². The molecule has 1 aliphatic rings. The summed E-state index contributed by atoms with van der Waals surface area (Å²) in [5.41, 5.74) is 3.46. The molecule has 6 nitrogen and oxygen atoms in total. The van der Waals surface area contributed by atoms with Gasteiger partial charge in [-0.15, -0.1) is 0 Å². The number of rotatable bonds is 8. The summed E-state index contributed by atoms with van der Waals surface area (Å²) in [5, 5.41) is 7.17. The van der Waals surface area contributed by atoms with Crippen molar-refractivity contribution in [3.8, 4) is 0 Å². The average molecular weight is 456 g/mol. The minimum atomic E-state index is -0.648. The van der Waals surface area contributed by atoms with Crippen molar-refractivity contribution in [3.63, 3.8) is 0 Å². The quantitative estimate of drug-likeness (QED) is 0.519. The number of nitrogens with zero attached hydrogens (tertiary/aromatic N) is 2. The molecule has 1 N–H and O–H groups in total. The molecular weight excluding hydrogens is 426 g/mol. The zero-order valence-corrected chi connectivity index (χ0v) is 19.3. The van der Waals surface area contributed by atoms with Crippen LogP contribution in [0.5, 0.6) is 0 Å². The highest BCUT2D eigenvalue weighted by molar-refractivity contribution is 6.02. The first-order valence-electron chi connectivity index (χ1n) is 11.6. The maximum Gasteiger partial charge on any atom is 0.243 e. The normalized spacial score (nSPS) is 16.6. The van der Waals surface area contributed by atoms with Crippen molar-refractivity contribution in [2.75, 3.05) is 13.2 Å². The first-order valence-corrected chi connectivity index (χ1v) is 11.6. The van der Waals surface area contributed by atoms with Gasteiger partial charge in [-0.05, 0) is 23.6 Å². The molecule has 34 heavy (non-hydrogen) atoms. The average Bonchev–Trinajstić information content (AvgIpc) is 3.32. The summed E-state index contributed by atoms with van der Waals surface area (Å²) in [6, 6.07) is 28.4. The number of carbonyl (C=O) groups excluding carboxylic acids is 2. The van der Waals surface area contributed by atoms with Crippen molar-refractivity contribution in [2.24, 2.45) is 5.16 Å². The van der Waals surface area contributed by atoms with Gasteiger partial charge in [-0.3, -0.25) is 9.59 Å². The maximum absolute atomic E-state index is 14.0. The summed E-state index contributed by atoms with van der Waals surface area (Å²) < 4.78 is 0. The van der Waals surface area contributed by atoms with Gasteiger partial charge < -0.3 is 15.1 Å². The van der Waals surface area contributed by atoms with E-state index in [1.165, 1.54) is 0 Å². The van der Waals surface area contributed by atoms with Crippen molar-refractivity contribution in [2.45, 2.75) is 31.8 Å². The molecule has 6 heteroatoms. The van der Waals surface area contributed by atoms with Crippen molar-refractivity contribution in [1.29, 1.82) is 0 Å². The topological polar surface area (TPSA) is 71.0 Å². The van der Waals surface area contributed by atoms with E-state index in [0.717, 1.165) is 16.7 Å². The molecular formula is C28H29N3O3. The third kappa shape index (κ3) is 5.52. The lowest BCUT2D eigenvalue weighted by atomic mass is 9.90. The van der Waals surface area contributed by atoms with Crippen LogP contribution in [-0.2, 0) is 21.0 Å². The fraction of sp³-hybridized carbons (Fsp3) is 0.250. The predicted octanol–water partition coefficient (Wildman–Crippen LogP) is 4.13. The molecule has 0 spiro atoms. The number of likely N-dealkylation sites (tertiary alicyclic amines) is 1. The summed E-state index contributed by atoms with van der Waals surface area (Å²) in [7, 11) is 0. The number of nitrogens with one attached hydrogen (secondary N) is 1. The molecule has 1 fully saturated rings. The van der Waals surface area contributed by atoms with E-state index in [-0.39, 0.29) is 18.4 Å². The van der Waals surface area contributed by atoms with Crippen LogP contribution in [-0.4, -0.2) is 41.6 Å². The van der Waals surface area contributed by atoms with Gasteiger partial charge in [0.15, 0.2) is 0 Å². The van der Waals surface area contributed by atoms with E-state index in [1.807, 2.05) is 97.9 Å². The molecule has 0 saturated carbocycles. The van der Waals surface area contributed by atoms with Gasteiger partial charge in [-0.2, -0.15) is 0 Å². The fourth-order valence-electron chi connectivity index (χ4n) is 4.23. The third-order valence-electron chi connectivity index (χ3n) is 5.89. The smallest absolute Gasteiger partial charge is 0.243 e. The summed E-state index contributed by atoms with van der Waals surface area (Å²) >= 11 is 0. The Morgan fingerprint density at radius 3 is 2.06 bits per heavy atom. The van der Waals surface area contributed by atoms with E-state index in [2.05, 4.69) is 10.5 Å². The van der Waals surface area contributed by atoms with Gasteiger partial charge in [-0.25, -0.2) is 0 Å². The highest BCUT2D eigenvalue weighted by Crippen LogP contribution is 2.30. The molecule has 3 aromatic carbocycles. The van der Waals surface area contributed by atoms with Gasteiger partial charge in [-0.1, -0.05) is 96.2 Å². The Morgan fingerprint density at radius 2 is 1.50 bits per heavy atom. The monoisotopic (exact) mass is 455 g/mol. The Balaban J connectivity index is 1.61. The van der Waals surface area contributed by atoms with E-state index in [4.69, 9.17) is 4.84 Å². The summed E-state index contributed by atoms with van der Waals surface area (Å²) in [6.07, 6.45) is 0.350. The van der Waals surface area contributed by atoms with E-state index >= 15 is 0 Å². The van der Waals surface area contributed by atoms with Crippen molar-refractivity contribution in [1.82, 2.24) is 10.2 Å². The lowest BCUT2D eigenvalue weighted by Crippen LogP contribution is -2.47. The zero-order chi connectivity index (χ0) is 23.8. The van der Waals surface area contributed by atoms with Gasteiger partial charge >= 0.3 is 0 Å². The van der Waals surface area contributed by atoms with Crippen LogP contribution in [0.1, 0.15) is 36.0 Å². The molecule has 0 radical (unpaired) electrons. The second-order valence-corrected chi connectivity index (χ2v) is 8.22. The molecule has 0 aromatic heterocycles. The number of hydrogen-bond donors (Lipinski definition) is 1. The Hall–Kier alpha value is -3.93. The van der Waals surface area contributed by atoms with Crippen LogP contribution < -0.4 is 5.32 Å². The SMILES string of the molecule is CCO/N=C1\C[C@@H](C(=O)NCc2ccccc2)N(C(=O)C(c2ccccc2)c2ccccc2)C1. The third-order valence-corrected chi connectivity index (χ3v) is 5.89. The lowest BCUT2D eigenvalue weighted by molar-refractivity contribution is -0.138. The van der Waals surface area contributed by atoms with Crippen molar-refractivity contribution >= 4 is 17.5 Å². The van der Waals surface area contributed by atoms with E-state index in [0.29, 0.717) is 25.3 Å². The molecule has 1 aliphatic heterocycles. The van der Waals surface area contributed by atoms with Gasteiger partial charge in [0.2, 0.25) is 11.8 Å². The largest absolute Gasteiger partial charge is 0.396 e. The van der Waals surface area contributed by atoms with Crippen LogP contribution in [0.15, 0.2) is 96.2 Å².